The Morgan fingerprint density at radius 1 is 1.59 bits per heavy atom. The molecule has 6 nitrogen and oxygen atoms in total. The van der Waals surface area contributed by atoms with E-state index in [2.05, 4.69) is 22.4 Å². The number of hydrogen-bond donors (Lipinski definition) is 2. The number of carboxylic acids is 1. The molecule has 17 heavy (non-hydrogen) atoms. The van der Waals surface area contributed by atoms with E-state index >= 15 is 0 Å². The van der Waals surface area contributed by atoms with Crippen LogP contribution in [0.3, 0.4) is 0 Å². The molecule has 2 N–H and O–H groups in total. The number of nitrogens with zero attached hydrogens (tertiary/aromatic N) is 3. The summed E-state index contributed by atoms with van der Waals surface area (Å²) in [5.41, 5.74) is 0. The quantitative estimate of drug-likeness (QED) is 0.313. The van der Waals surface area contributed by atoms with Crippen molar-refractivity contribution in [2.24, 2.45) is 0 Å². The SMILES string of the molecule is CCCCCC(C(=O)O)n1[nH]nnc1=S.[H-].[H-].[Na+].[Na+]. The Morgan fingerprint density at radius 3 is 2.65 bits per heavy atom. The molecule has 1 aromatic heterocycles. The summed E-state index contributed by atoms with van der Waals surface area (Å²) in [6.07, 6.45) is 3.47. The van der Waals surface area contributed by atoms with Crippen LogP contribution in [0.1, 0.15) is 41.5 Å². The van der Waals surface area contributed by atoms with Crippen LogP contribution in [0, 0.1) is 4.77 Å². The molecule has 0 saturated heterocycles. The number of tetrazole rings is 1. The number of carboxylic acid groups (broad SMARTS) is 1. The van der Waals surface area contributed by atoms with Gasteiger partial charge >= 0.3 is 65.1 Å². The molecule has 0 amide bonds. The van der Waals surface area contributed by atoms with Crippen LogP contribution in [-0.2, 0) is 4.79 Å². The Bertz CT molecular complexity index is 391. The van der Waals surface area contributed by atoms with E-state index in [9.17, 15) is 4.79 Å². The van der Waals surface area contributed by atoms with Gasteiger partial charge in [0.2, 0.25) is 4.77 Å². The van der Waals surface area contributed by atoms with Gasteiger partial charge < -0.3 is 7.96 Å². The van der Waals surface area contributed by atoms with Gasteiger partial charge in [-0.05, 0) is 18.6 Å². The Hall–Kier alpha value is 0.760. The average Bonchev–Trinajstić information content (AvgIpc) is 2.59. The first-order valence-corrected chi connectivity index (χ1v) is 5.30. The van der Waals surface area contributed by atoms with Gasteiger partial charge in [0, 0.05) is 0 Å². The van der Waals surface area contributed by atoms with E-state index in [-0.39, 0.29) is 66.7 Å². The van der Waals surface area contributed by atoms with Gasteiger partial charge in [-0.25, -0.2) is 9.48 Å². The number of H-pyrrole nitrogens is 1. The maximum Gasteiger partial charge on any atom is 1.00 e. The molecule has 0 aliphatic heterocycles. The van der Waals surface area contributed by atoms with Crippen LogP contribution in [0.25, 0.3) is 0 Å². The van der Waals surface area contributed by atoms with Crippen LogP contribution in [0.2, 0.25) is 0 Å². The Kier molecular flexibility index (Phi) is 12.6. The molecule has 1 unspecified atom stereocenters. The molecule has 1 heterocycles. The van der Waals surface area contributed by atoms with Crippen molar-refractivity contribution < 1.29 is 71.9 Å². The fraction of sp³-hybridized carbons (Fsp3) is 0.750. The average molecular weight is 278 g/mol. The summed E-state index contributed by atoms with van der Waals surface area (Å²) in [5, 5.41) is 18.5. The molecule has 88 valence electrons. The summed E-state index contributed by atoms with van der Waals surface area (Å²) in [6.45, 7) is 2.07. The minimum atomic E-state index is -0.909. The normalized spacial score (nSPS) is 11.1. The van der Waals surface area contributed by atoms with Crippen LogP contribution in [0.15, 0.2) is 0 Å². The van der Waals surface area contributed by atoms with E-state index < -0.39 is 12.0 Å². The molecule has 1 aromatic rings. The van der Waals surface area contributed by atoms with Crippen molar-refractivity contribution in [3.63, 3.8) is 0 Å². The first-order chi connectivity index (χ1) is 7.16. The maximum absolute atomic E-state index is 11.0. The van der Waals surface area contributed by atoms with Crippen LogP contribution in [0.5, 0.6) is 0 Å². The molecule has 0 aliphatic rings. The molecule has 0 aromatic carbocycles. The van der Waals surface area contributed by atoms with Crippen molar-refractivity contribution >= 4 is 18.2 Å². The van der Waals surface area contributed by atoms with E-state index in [1.54, 1.807) is 0 Å². The Labute approximate surface area is 152 Å². The summed E-state index contributed by atoms with van der Waals surface area (Å²) < 4.78 is 1.49. The summed E-state index contributed by atoms with van der Waals surface area (Å²) in [6, 6.07) is -0.681. The Morgan fingerprint density at radius 2 is 2.24 bits per heavy atom. The third-order valence-electron chi connectivity index (χ3n) is 2.17. The fourth-order valence-corrected chi connectivity index (χ4v) is 1.57. The molecule has 0 fully saturated rings. The van der Waals surface area contributed by atoms with Crippen LogP contribution < -0.4 is 59.1 Å². The van der Waals surface area contributed by atoms with E-state index in [1.165, 1.54) is 4.68 Å². The predicted molar refractivity (Wildman–Crippen MR) is 58.2 cm³/mol. The smallest absolute Gasteiger partial charge is 1.00 e. The molecule has 0 bridgehead atoms. The monoisotopic (exact) mass is 278 g/mol. The van der Waals surface area contributed by atoms with E-state index in [0.717, 1.165) is 19.3 Å². The number of unbranched alkanes of at least 4 members (excludes halogenated alkanes) is 2. The van der Waals surface area contributed by atoms with Crippen molar-refractivity contribution in [2.45, 2.75) is 38.6 Å². The number of aromatic nitrogens is 4. The second kappa shape index (κ2) is 10.7. The summed E-state index contributed by atoms with van der Waals surface area (Å²) in [4.78, 5) is 11.0. The molecular weight excluding hydrogens is 262 g/mol. The maximum atomic E-state index is 11.0. The molecule has 9 heteroatoms. The number of aromatic amines is 1. The third kappa shape index (κ3) is 6.47. The van der Waals surface area contributed by atoms with E-state index in [4.69, 9.17) is 17.3 Å². The number of nitrogens with one attached hydrogen (secondary N) is 1. The summed E-state index contributed by atoms with van der Waals surface area (Å²) in [7, 11) is 0. The summed E-state index contributed by atoms with van der Waals surface area (Å²) in [5.74, 6) is -0.909. The molecule has 0 aliphatic carbocycles. The number of rotatable bonds is 6. The topological polar surface area (TPSA) is 83.8 Å². The Balaban J connectivity index is -0.000000281. The molecule has 1 atom stereocenters. The van der Waals surface area contributed by atoms with Gasteiger partial charge in [-0.3, -0.25) is 0 Å². The first-order valence-electron chi connectivity index (χ1n) is 4.89. The van der Waals surface area contributed by atoms with Crippen LogP contribution in [0.4, 0.5) is 0 Å². The van der Waals surface area contributed by atoms with Gasteiger partial charge in [-0.1, -0.05) is 36.5 Å². The van der Waals surface area contributed by atoms with E-state index in [0.29, 0.717) is 6.42 Å². The third-order valence-corrected chi connectivity index (χ3v) is 2.45. The largest absolute Gasteiger partial charge is 1.00 e. The van der Waals surface area contributed by atoms with Gasteiger partial charge in [-0.15, -0.1) is 0 Å². The van der Waals surface area contributed by atoms with Crippen LogP contribution >= 0.6 is 12.2 Å². The molecule has 0 spiro atoms. The summed E-state index contributed by atoms with van der Waals surface area (Å²) >= 11 is 4.85. The molecule has 1 rings (SSSR count). The van der Waals surface area contributed by atoms with Gasteiger partial charge in [0.1, 0.15) is 0 Å². The second-order valence-corrected chi connectivity index (χ2v) is 3.67. The zero-order valence-corrected chi connectivity index (χ0v) is 15.3. The first kappa shape index (κ1) is 20.1. The standard InChI is InChI=1S/C8H14N4O2S.2Na.2H/c1-2-3-4-5-6(7(13)14)12-8(15)9-10-11-12;;;;/h6H,2-5H2,1H3,(H,13,14)(H,9,11,15);;;;/q;2*+1;2*-1. The van der Waals surface area contributed by atoms with Gasteiger partial charge in [0.05, 0.1) is 0 Å². The van der Waals surface area contributed by atoms with Gasteiger partial charge in [0.25, 0.3) is 0 Å². The molecule has 0 radical (unpaired) electrons. The fourth-order valence-electron chi connectivity index (χ4n) is 1.36. The zero-order chi connectivity index (χ0) is 11.3. The number of carbonyl (C=O) groups is 1. The van der Waals surface area contributed by atoms with Crippen molar-refractivity contribution in [2.75, 3.05) is 0 Å². The van der Waals surface area contributed by atoms with Crippen molar-refractivity contribution in [3.05, 3.63) is 4.77 Å². The number of hydrogen-bond acceptors (Lipinski definition) is 4. The minimum Gasteiger partial charge on any atom is -1.00 e. The van der Waals surface area contributed by atoms with E-state index in [1.807, 2.05) is 0 Å². The van der Waals surface area contributed by atoms with Gasteiger partial charge in [0.15, 0.2) is 6.04 Å². The zero-order valence-electron chi connectivity index (χ0n) is 12.5. The van der Waals surface area contributed by atoms with Crippen LogP contribution in [-0.4, -0.2) is 31.3 Å². The second-order valence-electron chi connectivity index (χ2n) is 3.30. The van der Waals surface area contributed by atoms with Crippen molar-refractivity contribution in [1.29, 1.82) is 0 Å². The van der Waals surface area contributed by atoms with Gasteiger partial charge in [-0.2, -0.15) is 5.21 Å². The predicted octanol–water partition coefficient (Wildman–Crippen LogP) is -4.23. The number of aliphatic carboxylic acids is 1. The minimum absolute atomic E-state index is 0. The van der Waals surface area contributed by atoms with Crippen molar-refractivity contribution in [1.82, 2.24) is 20.2 Å². The molecule has 0 saturated carbocycles. The van der Waals surface area contributed by atoms with Crippen molar-refractivity contribution in [3.8, 4) is 0 Å². The molecular formula is C8H16N4Na2O2S.